The monoisotopic (exact) mass is 433 g/mol. The minimum absolute atomic E-state index is 0.359. The van der Waals surface area contributed by atoms with Crippen molar-refractivity contribution >= 4 is 39.6 Å². The number of nitrogens with zero attached hydrogens (tertiary/aromatic N) is 1. The molecule has 0 aromatic heterocycles. The van der Waals surface area contributed by atoms with Gasteiger partial charge in [-0.15, -0.1) is 0 Å². The molecule has 0 saturated carbocycles. The Bertz CT molecular complexity index is 839. The molecule has 142 valence electrons. The number of amides is 2. The third-order valence-electron chi connectivity index (χ3n) is 3.36. The molecule has 2 aromatic carbocycles. The van der Waals surface area contributed by atoms with Crippen LogP contribution in [0.3, 0.4) is 0 Å². The van der Waals surface area contributed by atoms with Gasteiger partial charge in [0.2, 0.25) is 11.8 Å². The smallest absolute Gasteiger partial charge is 0.249 e. The van der Waals surface area contributed by atoms with E-state index in [1.165, 1.54) is 13.3 Å². The normalized spacial score (nSPS) is 10.5. The lowest BCUT2D eigenvalue weighted by Crippen LogP contribution is -2.24. The van der Waals surface area contributed by atoms with Crippen LogP contribution in [-0.4, -0.2) is 31.7 Å². The topological polar surface area (TPSA) is 89.0 Å². The number of hydrogen-bond donors (Lipinski definition) is 2. The maximum Gasteiger partial charge on any atom is 0.249 e. The SMILES string of the molecule is CCOc1ccc(C=NNC(=O)CC(=O)Nc2ccccc2OC)cc1Br. The second-order valence-electron chi connectivity index (χ2n) is 5.34. The van der Waals surface area contributed by atoms with Crippen LogP contribution in [0.25, 0.3) is 0 Å². The Morgan fingerprint density at radius 3 is 2.63 bits per heavy atom. The standard InChI is InChI=1S/C19H20BrN3O4/c1-3-27-16-9-8-13(10-14(16)20)12-21-23-19(25)11-18(24)22-15-6-4-5-7-17(15)26-2/h4-10,12H,3,11H2,1-2H3,(H,22,24)(H,23,25). The van der Waals surface area contributed by atoms with Crippen LogP contribution >= 0.6 is 15.9 Å². The Kier molecular flexibility index (Phi) is 7.81. The number of ether oxygens (including phenoxy) is 2. The maximum absolute atomic E-state index is 12.0. The van der Waals surface area contributed by atoms with Gasteiger partial charge in [-0.3, -0.25) is 9.59 Å². The van der Waals surface area contributed by atoms with Crippen molar-refractivity contribution in [2.75, 3.05) is 19.0 Å². The van der Waals surface area contributed by atoms with E-state index in [-0.39, 0.29) is 6.42 Å². The zero-order valence-corrected chi connectivity index (χ0v) is 16.6. The molecule has 0 heterocycles. The van der Waals surface area contributed by atoms with E-state index in [2.05, 4.69) is 31.8 Å². The van der Waals surface area contributed by atoms with Gasteiger partial charge in [-0.05, 0) is 58.7 Å². The van der Waals surface area contributed by atoms with Crippen LogP contribution in [0.15, 0.2) is 52.0 Å². The Morgan fingerprint density at radius 1 is 1.15 bits per heavy atom. The molecule has 0 spiro atoms. The molecule has 0 aliphatic heterocycles. The molecule has 0 bridgehead atoms. The number of halogens is 1. The molecule has 2 N–H and O–H groups in total. The van der Waals surface area contributed by atoms with Crippen LogP contribution in [0.1, 0.15) is 18.9 Å². The van der Waals surface area contributed by atoms with Gasteiger partial charge in [0, 0.05) is 0 Å². The van der Waals surface area contributed by atoms with Crippen LogP contribution < -0.4 is 20.2 Å². The van der Waals surface area contributed by atoms with Crippen LogP contribution in [0, 0.1) is 0 Å². The highest BCUT2D eigenvalue weighted by Gasteiger charge is 2.11. The van der Waals surface area contributed by atoms with Crippen LogP contribution in [0.2, 0.25) is 0 Å². The molecule has 0 radical (unpaired) electrons. The molecule has 0 saturated heterocycles. The van der Waals surface area contributed by atoms with Crippen LogP contribution in [0.4, 0.5) is 5.69 Å². The van der Waals surface area contributed by atoms with E-state index in [0.717, 1.165) is 15.8 Å². The summed E-state index contributed by atoms with van der Waals surface area (Å²) in [7, 11) is 1.51. The summed E-state index contributed by atoms with van der Waals surface area (Å²) in [5, 5.41) is 6.49. The molecule has 0 atom stereocenters. The fourth-order valence-electron chi connectivity index (χ4n) is 2.18. The highest BCUT2D eigenvalue weighted by Crippen LogP contribution is 2.25. The van der Waals surface area contributed by atoms with Crippen LogP contribution in [0.5, 0.6) is 11.5 Å². The summed E-state index contributed by atoms with van der Waals surface area (Å²) < 4.78 is 11.4. The molecule has 8 heteroatoms. The molecule has 27 heavy (non-hydrogen) atoms. The highest BCUT2D eigenvalue weighted by atomic mass is 79.9. The summed E-state index contributed by atoms with van der Waals surface area (Å²) in [5.74, 6) is 0.261. The number of carbonyl (C=O) groups excluding carboxylic acids is 2. The summed E-state index contributed by atoms with van der Waals surface area (Å²) >= 11 is 3.41. The quantitative estimate of drug-likeness (QED) is 0.379. The molecule has 0 aliphatic rings. The molecular weight excluding hydrogens is 414 g/mol. The van der Waals surface area contributed by atoms with E-state index in [1.54, 1.807) is 36.4 Å². The Balaban J connectivity index is 1.85. The second-order valence-corrected chi connectivity index (χ2v) is 6.20. The summed E-state index contributed by atoms with van der Waals surface area (Å²) in [6, 6.07) is 12.4. The lowest BCUT2D eigenvalue weighted by Gasteiger charge is -2.09. The number of hydrogen-bond acceptors (Lipinski definition) is 5. The molecule has 2 rings (SSSR count). The van der Waals surface area contributed by atoms with Crippen LogP contribution in [-0.2, 0) is 9.59 Å². The first-order valence-electron chi connectivity index (χ1n) is 8.20. The number of benzene rings is 2. The predicted molar refractivity (Wildman–Crippen MR) is 107 cm³/mol. The van der Waals surface area contributed by atoms with E-state index in [4.69, 9.17) is 9.47 Å². The summed E-state index contributed by atoms with van der Waals surface area (Å²) in [4.78, 5) is 23.8. The first-order valence-corrected chi connectivity index (χ1v) is 9.00. The van der Waals surface area contributed by atoms with Crippen molar-refractivity contribution < 1.29 is 19.1 Å². The Labute approximate surface area is 165 Å². The number of rotatable bonds is 8. The molecule has 2 amide bonds. The Hall–Kier alpha value is -2.87. The van der Waals surface area contributed by atoms with E-state index in [1.807, 2.05) is 13.0 Å². The zero-order chi connectivity index (χ0) is 19.6. The van der Waals surface area contributed by atoms with Gasteiger partial charge >= 0.3 is 0 Å². The van der Waals surface area contributed by atoms with Gasteiger partial charge in [0.1, 0.15) is 17.9 Å². The third kappa shape index (κ3) is 6.41. The van der Waals surface area contributed by atoms with Crippen molar-refractivity contribution in [1.82, 2.24) is 5.43 Å². The van der Waals surface area contributed by atoms with E-state index in [0.29, 0.717) is 18.0 Å². The minimum atomic E-state index is -0.524. The van der Waals surface area contributed by atoms with Crippen molar-refractivity contribution in [2.45, 2.75) is 13.3 Å². The lowest BCUT2D eigenvalue weighted by atomic mass is 10.2. The number of anilines is 1. The van der Waals surface area contributed by atoms with Gasteiger partial charge in [0.05, 0.1) is 30.1 Å². The molecule has 0 unspecified atom stereocenters. The first-order chi connectivity index (χ1) is 13.0. The van der Waals surface area contributed by atoms with Crippen molar-refractivity contribution in [3.63, 3.8) is 0 Å². The maximum atomic E-state index is 12.0. The van der Waals surface area contributed by atoms with E-state index in [9.17, 15) is 9.59 Å². The molecule has 0 aliphatic carbocycles. The minimum Gasteiger partial charge on any atom is -0.495 e. The number of para-hydroxylation sites is 2. The third-order valence-corrected chi connectivity index (χ3v) is 3.98. The van der Waals surface area contributed by atoms with Crippen molar-refractivity contribution in [1.29, 1.82) is 0 Å². The van der Waals surface area contributed by atoms with Gasteiger partial charge in [-0.2, -0.15) is 5.10 Å². The van der Waals surface area contributed by atoms with Gasteiger partial charge in [-0.1, -0.05) is 12.1 Å². The molecular formula is C19H20BrN3O4. The number of nitrogens with one attached hydrogen (secondary N) is 2. The average molecular weight is 434 g/mol. The lowest BCUT2D eigenvalue weighted by molar-refractivity contribution is -0.126. The molecule has 2 aromatic rings. The first kappa shape index (κ1) is 20.4. The zero-order valence-electron chi connectivity index (χ0n) is 15.0. The van der Waals surface area contributed by atoms with Gasteiger partial charge in [0.25, 0.3) is 0 Å². The number of carbonyl (C=O) groups is 2. The summed E-state index contributed by atoms with van der Waals surface area (Å²) in [5.41, 5.74) is 3.60. The highest BCUT2D eigenvalue weighted by molar-refractivity contribution is 9.10. The van der Waals surface area contributed by atoms with Crippen molar-refractivity contribution in [3.05, 3.63) is 52.5 Å². The number of hydrazone groups is 1. The largest absolute Gasteiger partial charge is 0.495 e. The second kappa shape index (κ2) is 10.3. The van der Waals surface area contributed by atoms with Gasteiger partial charge in [0.15, 0.2) is 0 Å². The summed E-state index contributed by atoms with van der Waals surface area (Å²) in [6.45, 7) is 2.47. The van der Waals surface area contributed by atoms with E-state index >= 15 is 0 Å². The van der Waals surface area contributed by atoms with Crippen molar-refractivity contribution in [2.24, 2.45) is 5.10 Å². The summed E-state index contributed by atoms with van der Waals surface area (Å²) in [6.07, 6.45) is 1.12. The average Bonchev–Trinajstić information content (AvgIpc) is 2.64. The fraction of sp³-hybridized carbons (Fsp3) is 0.211. The fourth-order valence-corrected chi connectivity index (χ4v) is 2.69. The predicted octanol–water partition coefficient (Wildman–Crippen LogP) is 3.34. The van der Waals surface area contributed by atoms with E-state index < -0.39 is 11.8 Å². The molecule has 7 nitrogen and oxygen atoms in total. The Morgan fingerprint density at radius 2 is 1.93 bits per heavy atom. The van der Waals surface area contributed by atoms with Gasteiger partial charge in [-0.25, -0.2) is 5.43 Å². The van der Waals surface area contributed by atoms with Gasteiger partial charge < -0.3 is 14.8 Å². The number of methoxy groups -OCH3 is 1. The molecule has 0 fully saturated rings. The van der Waals surface area contributed by atoms with Crippen molar-refractivity contribution in [3.8, 4) is 11.5 Å².